The van der Waals surface area contributed by atoms with Crippen LogP contribution in [0.5, 0.6) is 0 Å². The Bertz CT molecular complexity index is 1040. The number of benzene rings is 2. The van der Waals surface area contributed by atoms with Crippen LogP contribution in [0, 0.1) is 25.5 Å². The van der Waals surface area contributed by atoms with Gasteiger partial charge in [0.05, 0.1) is 11.1 Å². The van der Waals surface area contributed by atoms with E-state index in [2.05, 4.69) is 11.1 Å². The summed E-state index contributed by atoms with van der Waals surface area (Å²) in [6.07, 6.45) is 0.401. The molecule has 0 unspecified atom stereocenters. The van der Waals surface area contributed by atoms with E-state index in [9.17, 15) is 13.6 Å². The Kier molecular flexibility index (Phi) is 5.02. The molecule has 4 nitrogen and oxygen atoms in total. The van der Waals surface area contributed by atoms with Crippen LogP contribution in [0.4, 0.5) is 13.9 Å². The van der Waals surface area contributed by atoms with E-state index in [1.807, 2.05) is 35.8 Å². The normalized spacial score (nSPS) is 14.7. The maximum Gasteiger partial charge on any atom is 0.227 e. The van der Waals surface area contributed by atoms with Gasteiger partial charge in [0.1, 0.15) is 11.3 Å². The number of nitrogens with zero attached hydrogens (tertiary/aromatic N) is 3. The van der Waals surface area contributed by atoms with Gasteiger partial charge >= 0.3 is 0 Å². The van der Waals surface area contributed by atoms with Crippen LogP contribution in [0.2, 0.25) is 0 Å². The van der Waals surface area contributed by atoms with E-state index in [-0.39, 0.29) is 11.4 Å². The SMILES string of the molecule is Cc1ccc(CC(=O)N2CCN(c3nc4c(F)cc(F)cc4s3)CC2)c(C)c1. The van der Waals surface area contributed by atoms with Gasteiger partial charge in [0.25, 0.3) is 0 Å². The van der Waals surface area contributed by atoms with Gasteiger partial charge in [-0.05, 0) is 31.0 Å². The van der Waals surface area contributed by atoms with Gasteiger partial charge in [-0.25, -0.2) is 13.8 Å². The second kappa shape index (κ2) is 7.47. The van der Waals surface area contributed by atoms with Gasteiger partial charge in [-0.1, -0.05) is 35.1 Å². The molecule has 0 atom stereocenters. The average Bonchev–Trinajstić information content (AvgIpc) is 3.08. The standard InChI is InChI=1S/C21H21F2N3OS/c1-13-3-4-15(14(2)9-13)10-19(27)25-5-7-26(8-6-25)21-24-20-17(23)11-16(22)12-18(20)28-21/h3-4,9,11-12H,5-8,10H2,1-2H3. The molecule has 1 fully saturated rings. The first kappa shape index (κ1) is 18.8. The lowest BCUT2D eigenvalue weighted by Gasteiger charge is -2.34. The van der Waals surface area contributed by atoms with Crippen molar-refractivity contribution < 1.29 is 13.6 Å². The van der Waals surface area contributed by atoms with Crippen LogP contribution >= 0.6 is 11.3 Å². The van der Waals surface area contributed by atoms with E-state index < -0.39 is 11.6 Å². The van der Waals surface area contributed by atoms with Gasteiger partial charge in [-0.15, -0.1) is 0 Å². The van der Waals surface area contributed by atoms with E-state index in [0.29, 0.717) is 42.4 Å². The highest BCUT2D eigenvalue weighted by Gasteiger charge is 2.24. The fourth-order valence-corrected chi connectivity index (χ4v) is 4.60. The minimum absolute atomic E-state index is 0.115. The highest BCUT2D eigenvalue weighted by molar-refractivity contribution is 7.22. The summed E-state index contributed by atoms with van der Waals surface area (Å²) in [4.78, 5) is 20.9. The van der Waals surface area contributed by atoms with E-state index in [4.69, 9.17) is 0 Å². The molecule has 0 radical (unpaired) electrons. The number of rotatable bonds is 3. The van der Waals surface area contributed by atoms with Crippen LogP contribution in [0.3, 0.4) is 0 Å². The molecule has 0 aliphatic carbocycles. The zero-order valence-corrected chi connectivity index (χ0v) is 16.7. The molecule has 2 heterocycles. The predicted molar refractivity (Wildman–Crippen MR) is 108 cm³/mol. The lowest BCUT2D eigenvalue weighted by molar-refractivity contribution is -0.130. The van der Waals surface area contributed by atoms with Gasteiger partial charge in [0.15, 0.2) is 10.9 Å². The van der Waals surface area contributed by atoms with Crippen molar-refractivity contribution in [2.24, 2.45) is 0 Å². The summed E-state index contributed by atoms with van der Waals surface area (Å²) in [6.45, 7) is 6.51. The van der Waals surface area contributed by atoms with Crippen molar-refractivity contribution in [2.45, 2.75) is 20.3 Å². The molecule has 2 aromatic carbocycles. The summed E-state index contributed by atoms with van der Waals surface area (Å²) >= 11 is 1.28. The Morgan fingerprint density at radius 2 is 1.86 bits per heavy atom. The fourth-order valence-electron chi connectivity index (χ4n) is 3.55. The third-order valence-corrected chi connectivity index (χ3v) is 6.21. The fraction of sp³-hybridized carbons (Fsp3) is 0.333. The quantitative estimate of drug-likeness (QED) is 0.664. The van der Waals surface area contributed by atoms with E-state index in [1.165, 1.54) is 23.0 Å². The predicted octanol–water partition coefficient (Wildman–Crippen LogP) is 4.08. The molecule has 3 aromatic rings. The second-order valence-corrected chi connectivity index (χ2v) is 8.21. The van der Waals surface area contributed by atoms with Crippen molar-refractivity contribution in [1.29, 1.82) is 0 Å². The van der Waals surface area contributed by atoms with E-state index >= 15 is 0 Å². The number of thiazole rings is 1. The Hall–Kier alpha value is -2.54. The molecule has 1 amide bonds. The van der Waals surface area contributed by atoms with Gasteiger partial charge < -0.3 is 9.80 Å². The molecule has 146 valence electrons. The van der Waals surface area contributed by atoms with Crippen LogP contribution in [-0.2, 0) is 11.2 Å². The summed E-state index contributed by atoms with van der Waals surface area (Å²) in [7, 11) is 0. The van der Waals surface area contributed by atoms with Crippen molar-refractivity contribution in [3.8, 4) is 0 Å². The summed E-state index contributed by atoms with van der Waals surface area (Å²) < 4.78 is 27.8. The summed E-state index contributed by atoms with van der Waals surface area (Å²) in [5.74, 6) is -1.12. The number of carbonyl (C=O) groups is 1. The molecule has 1 aliphatic heterocycles. The lowest BCUT2D eigenvalue weighted by atomic mass is 10.0. The number of amides is 1. The van der Waals surface area contributed by atoms with Crippen LogP contribution in [-0.4, -0.2) is 42.0 Å². The second-order valence-electron chi connectivity index (χ2n) is 7.21. The molecule has 28 heavy (non-hydrogen) atoms. The van der Waals surface area contributed by atoms with Crippen LogP contribution in [0.1, 0.15) is 16.7 Å². The zero-order chi connectivity index (χ0) is 19.8. The van der Waals surface area contributed by atoms with Crippen molar-refractivity contribution in [1.82, 2.24) is 9.88 Å². The molecule has 1 saturated heterocycles. The Labute approximate surface area is 166 Å². The average molecular weight is 401 g/mol. The van der Waals surface area contributed by atoms with E-state index in [0.717, 1.165) is 17.2 Å². The number of aryl methyl sites for hydroxylation is 2. The van der Waals surface area contributed by atoms with Crippen molar-refractivity contribution in [2.75, 3.05) is 31.1 Å². The molecule has 4 rings (SSSR count). The van der Waals surface area contributed by atoms with E-state index in [1.54, 1.807) is 0 Å². The molecule has 0 spiro atoms. The third-order valence-electron chi connectivity index (χ3n) is 5.14. The summed E-state index contributed by atoms with van der Waals surface area (Å²) in [5, 5.41) is 0.668. The zero-order valence-electron chi connectivity index (χ0n) is 15.8. The van der Waals surface area contributed by atoms with Crippen molar-refractivity contribution in [3.63, 3.8) is 0 Å². The number of piperazine rings is 1. The largest absolute Gasteiger partial charge is 0.345 e. The Morgan fingerprint density at radius 3 is 2.57 bits per heavy atom. The van der Waals surface area contributed by atoms with Gasteiger partial charge in [-0.2, -0.15) is 0 Å². The lowest BCUT2D eigenvalue weighted by Crippen LogP contribution is -2.49. The maximum atomic E-state index is 13.9. The number of halogens is 2. The van der Waals surface area contributed by atoms with Gasteiger partial charge in [0, 0.05) is 32.2 Å². The highest BCUT2D eigenvalue weighted by Crippen LogP contribution is 2.31. The molecular formula is C21H21F2N3OS. The molecule has 1 aromatic heterocycles. The number of carbonyl (C=O) groups excluding carboxylic acids is 1. The Balaban J connectivity index is 1.41. The molecule has 1 aliphatic rings. The number of hydrogen-bond donors (Lipinski definition) is 0. The number of hydrogen-bond acceptors (Lipinski definition) is 4. The number of fused-ring (bicyclic) bond motifs is 1. The molecule has 0 saturated carbocycles. The Morgan fingerprint density at radius 1 is 1.11 bits per heavy atom. The third kappa shape index (κ3) is 3.71. The van der Waals surface area contributed by atoms with Gasteiger partial charge in [0.2, 0.25) is 5.91 Å². The maximum absolute atomic E-state index is 13.9. The molecule has 0 bridgehead atoms. The molecule has 0 N–H and O–H groups in total. The topological polar surface area (TPSA) is 36.4 Å². The summed E-state index contributed by atoms with van der Waals surface area (Å²) in [6, 6.07) is 8.31. The summed E-state index contributed by atoms with van der Waals surface area (Å²) in [5.41, 5.74) is 3.58. The number of aromatic nitrogens is 1. The monoisotopic (exact) mass is 401 g/mol. The van der Waals surface area contributed by atoms with Crippen molar-refractivity contribution in [3.05, 3.63) is 58.7 Å². The van der Waals surface area contributed by atoms with Crippen LogP contribution in [0.15, 0.2) is 30.3 Å². The molecular weight excluding hydrogens is 380 g/mol. The van der Waals surface area contributed by atoms with Crippen LogP contribution in [0.25, 0.3) is 10.2 Å². The first-order valence-corrected chi connectivity index (χ1v) is 10.1. The minimum atomic E-state index is -0.639. The minimum Gasteiger partial charge on any atom is -0.345 e. The van der Waals surface area contributed by atoms with Crippen LogP contribution < -0.4 is 4.90 Å². The number of anilines is 1. The first-order chi connectivity index (χ1) is 13.4. The highest BCUT2D eigenvalue weighted by atomic mass is 32.1. The first-order valence-electron chi connectivity index (χ1n) is 9.25. The molecule has 7 heteroatoms. The van der Waals surface area contributed by atoms with Gasteiger partial charge in [-0.3, -0.25) is 4.79 Å². The van der Waals surface area contributed by atoms with Crippen molar-refractivity contribution >= 4 is 32.6 Å². The smallest absolute Gasteiger partial charge is 0.227 e.